The molecule has 2 aromatic heterocycles. The fourth-order valence-corrected chi connectivity index (χ4v) is 5.03. The fourth-order valence-electron chi connectivity index (χ4n) is 4.11. The lowest BCUT2D eigenvalue weighted by molar-refractivity contribution is -0.265. The maximum Gasteiger partial charge on any atom is 0.424 e. The molecular weight excluding hydrogens is 582 g/mol. The van der Waals surface area contributed by atoms with Crippen molar-refractivity contribution < 1.29 is 37.0 Å². The lowest BCUT2D eigenvalue weighted by Gasteiger charge is -2.31. The monoisotopic (exact) mass is 605 g/mol. The van der Waals surface area contributed by atoms with E-state index in [9.17, 15) is 37.2 Å². The molecule has 4 N–H and O–H groups in total. The zero-order chi connectivity index (χ0) is 30.7. The number of amides is 2. The highest BCUT2D eigenvalue weighted by Gasteiger charge is 2.56. The van der Waals surface area contributed by atoms with Crippen LogP contribution in [0.4, 0.5) is 17.6 Å². The van der Waals surface area contributed by atoms with Crippen LogP contribution in [0, 0.1) is 10.7 Å². The van der Waals surface area contributed by atoms with E-state index in [0.717, 1.165) is 29.5 Å². The van der Waals surface area contributed by atoms with Crippen LogP contribution in [0.1, 0.15) is 33.5 Å². The molecule has 0 saturated carbocycles. The van der Waals surface area contributed by atoms with Crippen LogP contribution in [0.25, 0.3) is 21.5 Å². The summed E-state index contributed by atoms with van der Waals surface area (Å²) in [6.07, 6.45) is -5.92. The van der Waals surface area contributed by atoms with Gasteiger partial charge in [0.2, 0.25) is 11.5 Å². The highest BCUT2D eigenvalue weighted by molar-refractivity contribution is 7.18. The third kappa shape index (κ3) is 6.36. The number of pyridine rings is 1. The van der Waals surface area contributed by atoms with Crippen molar-refractivity contribution in [1.29, 1.82) is 0 Å². The summed E-state index contributed by atoms with van der Waals surface area (Å²) >= 11 is 1.09. The first kappa shape index (κ1) is 30.5. The molecule has 0 aliphatic carbocycles. The molecule has 0 spiro atoms. The van der Waals surface area contributed by atoms with E-state index in [1.165, 1.54) is 30.3 Å². The largest absolute Gasteiger partial charge is 0.491 e. The Morgan fingerprint density at radius 2 is 1.83 bits per heavy atom. The Hall–Kier alpha value is -4.50. The zero-order valence-corrected chi connectivity index (χ0v) is 22.7. The summed E-state index contributed by atoms with van der Waals surface area (Å²) in [5.74, 6) is -2.52. The van der Waals surface area contributed by atoms with E-state index in [4.69, 9.17) is 10.5 Å². The summed E-state index contributed by atoms with van der Waals surface area (Å²) in [4.78, 5) is 43.5. The highest BCUT2D eigenvalue weighted by atomic mass is 32.1. The number of nitrogens with zero attached hydrogens (tertiary/aromatic N) is 3. The van der Waals surface area contributed by atoms with Crippen molar-refractivity contribution in [3.05, 3.63) is 81.1 Å². The number of rotatable bonds is 11. The van der Waals surface area contributed by atoms with Crippen molar-refractivity contribution in [2.24, 2.45) is 10.9 Å². The normalized spacial score (nSPS) is 13.0. The van der Waals surface area contributed by atoms with Gasteiger partial charge in [-0.2, -0.15) is 18.1 Å². The number of fused-ring (bicyclic) bond motifs is 1. The van der Waals surface area contributed by atoms with Gasteiger partial charge in [0.15, 0.2) is 0 Å². The van der Waals surface area contributed by atoms with Gasteiger partial charge in [-0.15, -0.1) is 11.3 Å². The van der Waals surface area contributed by atoms with Crippen LogP contribution in [-0.4, -0.2) is 46.2 Å². The third-order valence-electron chi connectivity index (χ3n) is 6.11. The molecule has 2 heterocycles. The van der Waals surface area contributed by atoms with E-state index >= 15 is 0 Å². The van der Waals surface area contributed by atoms with Crippen molar-refractivity contribution in [2.75, 3.05) is 13.2 Å². The maximum atomic E-state index is 14.5. The Labute approximate surface area is 239 Å². The molecule has 15 heteroatoms. The van der Waals surface area contributed by atoms with E-state index in [-0.39, 0.29) is 41.3 Å². The molecule has 0 radical (unpaired) electrons. The smallest absolute Gasteiger partial charge is 0.424 e. The van der Waals surface area contributed by atoms with Crippen LogP contribution >= 0.6 is 11.3 Å². The number of carbonyl (C=O) groups excluding carboxylic acids is 2. The Morgan fingerprint density at radius 1 is 1.12 bits per heavy atom. The number of aromatic nitrogens is 2. The molecule has 4 rings (SSSR count). The summed E-state index contributed by atoms with van der Waals surface area (Å²) in [6.45, 7) is 0.113. The van der Waals surface area contributed by atoms with Gasteiger partial charge < -0.3 is 20.9 Å². The number of alkyl halides is 3. The molecule has 0 bridgehead atoms. The Bertz CT molecular complexity index is 1640. The molecule has 10 nitrogen and oxygen atoms in total. The first-order chi connectivity index (χ1) is 19.9. The van der Waals surface area contributed by atoms with Gasteiger partial charge in [0, 0.05) is 16.7 Å². The van der Waals surface area contributed by atoms with Gasteiger partial charge in [-0.3, -0.25) is 9.59 Å². The lowest BCUT2D eigenvalue weighted by Crippen LogP contribution is -2.51. The van der Waals surface area contributed by atoms with Crippen molar-refractivity contribution in [2.45, 2.75) is 31.7 Å². The second-order valence-electron chi connectivity index (χ2n) is 9.05. The summed E-state index contributed by atoms with van der Waals surface area (Å²) < 4.78 is 63.2. The molecule has 0 aliphatic heterocycles. The molecule has 42 heavy (non-hydrogen) atoms. The van der Waals surface area contributed by atoms with Crippen LogP contribution in [0.2, 0.25) is 0 Å². The van der Waals surface area contributed by atoms with E-state index in [1.807, 2.05) is 0 Å². The number of nitrogens with one attached hydrogen (secondary N) is 1. The SMILES string of the molecule is CCOc1c(CC(N)=O)cc([C@@](O)(CNC(=O)c2ccc3nc(CN=O)sc3c2)C(F)(F)F)nc1-c1ccc(F)cc1. The molecule has 220 valence electrons. The Morgan fingerprint density at radius 3 is 2.45 bits per heavy atom. The molecule has 0 aliphatic rings. The van der Waals surface area contributed by atoms with Crippen LogP contribution in [0.15, 0.2) is 53.7 Å². The van der Waals surface area contributed by atoms with Gasteiger partial charge in [-0.1, -0.05) is 5.18 Å². The minimum Gasteiger partial charge on any atom is -0.491 e. The van der Waals surface area contributed by atoms with Gasteiger partial charge >= 0.3 is 6.18 Å². The first-order valence-electron chi connectivity index (χ1n) is 12.3. The average molecular weight is 606 g/mol. The number of halogens is 4. The average Bonchev–Trinajstić information content (AvgIpc) is 3.34. The number of nitroso groups, excluding NO2 is 1. The number of primary amides is 1. The number of ether oxygens (including phenoxy) is 1. The minimum absolute atomic E-state index is 0.0256. The number of benzene rings is 2. The summed E-state index contributed by atoms with van der Waals surface area (Å²) in [5.41, 5.74) is 0.945. The zero-order valence-electron chi connectivity index (χ0n) is 21.9. The van der Waals surface area contributed by atoms with Gasteiger partial charge in [-0.25, -0.2) is 14.4 Å². The standard InChI is InChI=1S/C27H23F4N5O5S/c1-2-41-24-16(11-21(32)37)10-20(36-23(24)14-3-6-17(28)7-4-14)26(39,27(29,30)31)13-33-25(38)15-5-8-18-19(9-15)42-22(35-18)12-34-40/h3-10,39H,2,11-13H2,1H3,(H2,32,37)(H,33,38)/t26-/m0/s1. The van der Waals surface area contributed by atoms with E-state index in [1.54, 1.807) is 6.92 Å². The highest BCUT2D eigenvalue weighted by Crippen LogP contribution is 2.42. The van der Waals surface area contributed by atoms with E-state index in [0.29, 0.717) is 15.2 Å². The quantitative estimate of drug-likeness (QED) is 0.169. The molecule has 4 aromatic rings. The number of aliphatic hydroxyl groups is 1. The number of thiazole rings is 1. The lowest BCUT2D eigenvalue weighted by atomic mass is 9.93. The van der Waals surface area contributed by atoms with Crippen molar-refractivity contribution in [3.63, 3.8) is 0 Å². The molecule has 2 amide bonds. The number of hydrogen-bond acceptors (Lipinski definition) is 9. The van der Waals surface area contributed by atoms with Crippen LogP contribution < -0.4 is 15.8 Å². The number of hydrogen-bond donors (Lipinski definition) is 3. The molecule has 2 aromatic carbocycles. The van der Waals surface area contributed by atoms with Gasteiger partial charge in [0.1, 0.15) is 28.8 Å². The van der Waals surface area contributed by atoms with Crippen LogP contribution in [-0.2, 0) is 23.4 Å². The predicted molar refractivity (Wildman–Crippen MR) is 145 cm³/mol. The van der Waals surface area contributed by atoms with Crippen molar-refractivity contribution in [1.82, 2.24) is 15.3 Å². The fraction of sp³-hybridized carbons (Fsp3) is 0.259. The Balaban J connectivity index is 1.76. The number of nitrogens with two attached hydrogens (primary N) is 1. The summed E-state index contributed by atoms with van der Waals surface area (Å²) in [7, 11) is 0. The summed E-state index contributed by atoms with van der Waals surface area (Å²) in [6, 6.07) is 9.63. The van der Waals surface area contributed by atoms with Gasteiger partial charge in [0.25, 0.3) is 5.91 Å². The second-order valence-corrected chi connectivity index (χ2v) is 10.2. The topological polar surface area (TPSA) is 157 Å². The van der Waals surface area contributed by atoms with Crippen LogP contribution in [0.5, 0.6) is 5.75 Å². The predicted octanol–water partition coefficient (Wildman–Crippen LogP) is 4.37. The Kier molecular flexibility index (Phi) is 8.82. The molecule has 0 fully saturated rings. The van der Waals surface area contributed by atoms with Crippen molar-refractivity contribution >= 4 is 33.4 Å². The first-order valence-corrected chi connectivity index (χ1v) is 13.1. The second kappa shape index (κ2) is 12.2. The maximum absolute atomic E-state index is 14.5. The molecule has 0 saturated heterocycles. The molecule has 1 atom stereocenters. The number of carbonyl (C=O) groups is 2. The molecule has 0 unspecified atom stereocenters. The minimum atomic E-state index is -5.36. The van der Waals surface area contributed by atoms with Crippen LogP contribution in [0.3, 0.4) is 0 Å². The third-order valence-corrected chi connectivity index (χ3v) is 7.12. The van der Waals surface area contributed by atoms with Gasteiger partial charge in [0.05, 0.1) is 35.5 Å². The van der Waals surface area contributed by atoms with Crippen molar-refractivity contribution in [3.8, 4) is 17.0 Å². The van der Waals surface area contributed by atoms with E-state index in [2.05, 4.69) is 20.5 Å². The van der Waals surface area contributed by atoms with Gasteiger partial charge in [-0.05, 0) is 55.5 Å². The molecular formula is C27H23F4N5O5S. The van der Waals surface area contributed by atoms with E-state index < -0.39 is 48.1 Å². The summed E-state index contributed by atoms with van der Waals surface area (Å²) in [5, 5.41) is 16.3.